The Kier molecular flexibility index (Phi) is 12.3. The van der Waals surface area contributed by atoms with E-state index in [2.05, 4.69) is 25.3 Å². The molecule has 0 amide bonds. The van der Waals surface area contributed by atoms with Crippen LogP contribution in [0.5, 0.6) is 0 Å². The van der Waals surface area contributed by atoms with Gasteiger partial charge in [0.05, 0.1) is 41.1 Å². The second-order valence-corrected chi connectivity index (χ2v) is 18.3. The third kappa shape index (κ3) is 10.0. The Balaban J connectivity index is 1.53. The second kappa shape index (κ2) is 16.6. The van der Waals surface area contributed by atoms with Crippen LogP contribution >= 0.6 is 0 Å². The first-order chi connectivity index (χ1) is 22.7. The molecule has 1 saturated heterocycles. The van der Waals surface area contributed by atoms with E-state index in [0.717, 1.165) is 22.3 Å². The highest BCUT2D eigenvalue weighted by atomic mass is 28.3. The van der Waals surface area contributed by atoms with Crippen molar-refractivity contribution in [2.24, 2.45) is 0 Å². The first-order valence-electron chi connectivity index (χ1n) is 16.4. The van der Waals surface area contributed by atoms with Crippen molar-refractivity contribution < 1.29 is 28.8 Å². The van der Waals surface area contributed by atoms with Gasteiger partial charge in [-0.2, -0.15) is 0 Å². The number of benzene rings is 4. The number of ether oxygens (including phenoxy) is 5. The third-order valence-corrected chi connectivity index (χ3v) is 9.46. The SMILES string of the molecule is C/C(=C\[Si](C)(C)C)[C@]1(O)O[C@H](COCc2ccccc2)[C@@H](OCc2ccccc2)[C@H](OCc2ccccc2)[C@H]1OCc1ccccc1. The van der Waals surface area contributed by atoms with Gasteiger partial charge in [0.15, 0.2) is 0 Å². The summed E-state index contributed by atoms with van der Waals surface area (Å²) in [5.41, 5.74) is 6.95. The molecule has 0 bridgehead atoms. The van der Waals surface area contributed by atoms with Crippen molar-refractivity contribution in [3.63, 3.8) is 0 Å². The molecule has 5 atom stereocenters. The summed E-state index contributed by atoms with van der Waals surface area (Å²) in [6.45, 7) is 10.1. The molecule has 0 aliphatic carbocycles. The number of hydrogen-bond acceptors (Lipinski definition) is 6. The van der Waals surface area contributed by atoms with Gasteiger partial charge in [0.25, 0.3) is 0 Å². The van der Waals surface area contributed by atoms with E-state index in [4.69, 9.17) is 23.7 Å². The van der Waals surface area contributed by atoms with E-state index in [1.165, 1.54) is 0 Å². The highest BCUT2D eigenvalue weighted by Crippen LogP contribution is 2.40. The summed E-state index contributed by atoms with van der Waals surface area (Å²) in [6.07, 6.45) is -2.87. The van der Waals surface area contributed by atoms with Crippen LogP contribution in [0.4, 0.5) is 0 Å². The minimum absolute atomic E-state index is 0.188. The molecule has 1 aliphatic heterocycles. The van der Waals surface area contributed by atoms with Crippen molar-refractivity contribution in [1.29, 1.82) is 0 Å². The van der Waals surface area contributed by atoms with Crippen molar-refractivity contribution in [3.05, 3.63) is 155 Å². The molecule has 0 spiro atoms. The van der Waals surface area contributed by atoms with Crippen LogP contribution in [0.1, 0.15) is 29.2 Å². The third-order valence-electron chi connectivity index (χ3n) is 8.16. The molecule has 1 fully saturated rings. The maximum absolute atomic E-state index is 12.7. The minimum Gasteiger partial charge on any atom is -0.374 e. The van der Waals surface area contributed by atoms with Gasteiger partial charge in [0.1, 0.15) is 24.4 Å². The van der Waals surface area contributed by atoms with Gasteiger partial charge in [-0.05, 0) is 34.8 Å². The van der Waals surface area contributed by atoms with Gasteiger partial charge in [0.2, 0.25) is 5.79 Å². The maximum Gasteiger partial charge on any atom is 0.218 e. The molecular weight excluding hydrogens is 605 g/mol. The summed E-state index contributed by atoms with van der Waals surface area (Å²) in [4.78, 5) is 0. The van der Waals surface area contributed by atoms with Crippen molar-refractivity contribution in [2.45, 2.75) is 83.2 Å². The molecule has 7 heteroatoms. The number of hydrogen-bond donors (Lipinski definition) is 1. The Bertz CT molecular complexity index is 1510. The van der Waals surface area contributed by atoms with Crippen LogP contribution in [0.25, 0.3) is 0 Å². The Labute approximate surface area is 280 Å². The average molecular weight is 653 g/mol. The average Bonchev–Trinajstić information content (AvgIpc) is 3.07. The minimum atomic E-state index is -1.79. The zero-order valence-electron chi connectivity index (χ0n) is 28.0. The summed E-state index contributed by atoms with van der Waals surface area (Å²) in [5.74, 6) is -1.79. The number of aliphatic hydroxyl groups is 1. The van der Waals surface area contributed by atoms with Gasteiger partial charge in [-0.1, -0.05) is 147 Å². The molecular formula is C40H48O6Si. The molecule has 47 heavy (non-hydrogen) atoms. The first-order valence-corrected chi connectivity index (χ1v) is 20.0. The van der Waals surface area contributed by atoms with E-state index in [-0.39, 0.29) is 13.2 Å². The highest BCUT2D eigenvalue weighted by molar-refractivity contribution is 6.81. The molecule has 4 aromatic rings. The van der Waals surface area contributed by atoms with Crippen molar-refractivity contribution in [2.75, 3.05) is 6.61 Å². The quantitative estimate of drug-likeness (QED) is 0.132. The molecule has 0 unspecified atom stereocenters. The zero-order chi connectivity index (χ0) is 33.1. The van der Waals surface area contributed by atoms with Crippen LogP contribution in [-0.4, -0.2) is 50.0 Å². The fraction of sp³-hybridized carbons (Fsp3) is 0.350. The Morgan fingerprint density at radius 2 is 1.04 bits per heavy atom. The summed E-state index contributed by atoms with van der Waals surface area (Å²) < 4.78 is 33.2. The summed E-state index contributed by atoms with van der Waals surface area (Å²) in [7, 11) is -1.79. The number of rotatable bonds is 15. The van der Waals surface area contributed by atoms with Crippen LogP contribution in [0, 0.1) is 0 Å². The van der Waals surface area contributed by atoms with Crippen LogP contribution in [0.3, 0.4) is 0 Å². The van der Waals surface area contributed by atoms with Crippen molar-refractivity contribution in [1.82, 2.24) is 0 Å². The maximum atomic E-state index is 12.7. The van der Waals surface area contributed by atoms with E-state index in [1.807, 2.05) is 128 Å². The molecule has 6 nitrogen and oxygen atoms in total. The van der Waals surface area contributed by atoms with Crippen LogP contribution in [0.15, 0.2) is 133 Å². The van der Waals surface area contributed by atoms with Gasteiger partial charge >= 0.3 is 0 Å². The fourth-order valence-corrected chi connectivity index (χ4v) is 7.43. The smallest absolute Gasteiger partial charge is 0.218 e. The van der Waals surface area contributed by atoms with Crippen molar-refractivity contribution >= 4 is 8.07 Å². The van der Waals surface area contributed by atoms with Crippen molar-refractivity contribution in [3.8, 4) is 0 Å². The largest absolute Gasteiger partial charge is 0.374 e. The van der Waals surface area contributed by atoms with E-state index in [0.29, 0.717) is 25.4 Å². The highest BCUT2D eigenvalue weighted by Gasteiger charge is 2.57. The molecule has 0 radical (unpaired) electrons. The molecule has 5 rings (SSSR count). The van der Waals surface area contributed by atoms with Crippen LogP contribution in [0.2, 0.25) is 19.6 Å². The Morgan fingerprint density at radius 3 is 1.49 bits per heavy atom. The Hall–Kier alpha value is -3.40. The van der Waals surface area contributed by atoms with Crippen LogP contribution < -0.4 is 0 Å². The molecule has 1 aliphatic rings. The molecule has 248 valence electrons. The second-order valence-electron chi connectivity index (χ2n) is 13.3. The lowest BCUT2D eigenvalue weighted by atomic mass is 9.88. The van der Waals surface area contributed by atoms with Gasteiger partial charge in [-0.3, -0.25) is 0 Å². The fourth-order valence-electron chi connectivity index (χ4n) is 5.92. The summed E-state index contributed by atoms with van der Waals surface area (Å²) >= 11 is 0. The monoisotopic (exact) mass is 652 g/mol. The molecule has 0 aromatic heterocycles. The topological polar surface area (TPSA) is 66.4 Å². The predicted octanol–water partition coefficient (Wildman–Crippen LogP) is 7.87. The van der Waals surface area contributed by atoms with Gasteiger partial charge in [0, 0.05) is 0 Å². The standard InChI is InChI=1S/C40H48O6Si/c1-31(30-47(2,3)4)40(41)39(45-28-35-23-15-8-16-24-35)38(44-27-34-21-13-7-14-22-34)37(43-26-33-19-11-6-12-20-33)36(46-40)29-42-25-32-17-9-5-10-18-32/h5-24,30,36-39,41H,25-29H2,1-4H3/b31-30+/t36-,37-,38+,39-,40+/m1/s1. The lowest BCUT2D eigenvalue weighted by molar-refractivity contribution is -0.355. The van der Waals surface area contributed by atoms with Crippen LogP contribution in [-0.2, 0) is 50.1 Å². The molecule has 1 N–H and O–H groups in total. The van der Waals surface area contributed by atoms with Gasteiger partial charge < -0.3 is 28.8 Å². The van der Waals surface area contributed by atoms with E-state index in [1.54, 1.807) is 0 Å². The van der Waals surface area contributed by atoms with Gasteiger partial charge in [-0.25, -0.2) is 0 Å². The van der Waals surface area contributed by atoms with E-state index in [9.17, 15) is 5.11 Å². The van der Waals surface area contributed by atoms with E-state index >= 15 is 0 Å². The Morgan fingerprint density at radius 1 is 0.638 bits per heavy atom. The lowest BCUT2D eigenvalue weighted by Crippen LogP contribution is -2.67. The molecule has 4 aromatic carbocycles. The first kappa shape index (κ1) is 34.9. The van der Waals surface area contributed by atoms with Gasteiger partial charge in [-0.15, -0.1) is 0 Å². The summed E-state index contributed by atoms with van der Waals surface area (Å²) in [6, 6.07) is 40.1. The normalized spacial score (nSPS) is 23.5. The lowest BCUT2D eigenvalue weighted by Gasteiger charge is -2.51. The predicted molar refractivity (Wildman–Crippen MR) is 188 cm³/mol. The zero-order valence-corrected chi connectivity index (χ0v) is 29.0. The molecule has 1 heterocycles. The molecule has 0 saturated carbocycles. The summed E-state index contributed by atoms with van der Waals surface area (Å²) in [5, 5.41) is 12.7. The van der Waals surface area contributed by atoms with E-state index < -0.39 is 38.3 Å².